The fourth-order valence-electron chi connectivity index (χ4n) is 1.45. The van der Waals surface area contributed by atoms with Gasteiger partial charge in [-0.1, -0.05) is 20.8 Å². The first-order valence-corrected chi connectivity index (χ1v) is 5.20. The largest absolute Gasteiger partial charge is 0.481 e. The highest BCUT2D eigenvalue weighted by Gasteiger charge is 2.35. The summed E-state index contributed by atoms with van der Waals surface area (Å²) in [5.74, 6) is -0.0175. The van der Waals surface area contributed by atoms with Crippen molar-refractivity contribution in [2.45, 2.75) is 26.2 Å². The molecule has 0 unspecified atom stereocenters. The van der Waals surface area contributed by atoms with Crippen molar-refractivity contribution in [1.82, 2.24) is 10.1 Å². The van der Waals surface area contributed by atoms with Gasteiger partial charge >= 0.3 is 5.97 Å². The Bertz CT molecular complexity index is 402. The molecule has 6 heteroatoms. The summed E-state index contributed by atoms with van der Waals surface area (Å²) in [6, 6.07) is 0. The normalized spacial score (nSPS) is 17.3. The summed E-state index contributed by atoms with van der Waals surface area (Å²) in [6.45, 7) is 6.87. The molecule has 0 amide bonds. The Morgan fingerprint density at radius 1 is 1.50 bits per heavy atom. The van der Waals surface area contributed by atoms with Gasteiger partial charge in [-0.05, 0) is 5.16 Å². The number of hydrogen-bond donors (Lipinski definition) is 1. The molecule has 1 aliphatic heterocycles. The van der Waals surface area contributed by atoms with Crippen molar-refractivity contribution in [2.75, 3.05) is 18.0 Å². The van der Waals surface area contributed by atoms with Crippen molar-refractivity contribution in [3.8, 4) is 0 Å². The quantitative estimate of drug-likeness (QED) is 0.805. The number of carbonyl (C=O) groups is 1. The number of carboxylic acids is 1. The zero-order chi connectivity index (χ0) is 11.9. The highest BCUT2D eigenvalue weighted by molar-refractivity contribution is 5.73. The molecular weight excluding hydrogens is 210 g/mol. The minimum atomic E-state index is -0.768. The van der Waals surface area contributed by atoms with Gasteiger partial charge in [0.15, 0.2) is 0 Å². The van der Waals surface area contributed by atoms with Crippen LogP contribution in [0.3, 0.4) is 0 Å². The maximum absolute atomic E-state index is 10.6. The van der Waals surface area contributed by atoms with E-state index >= 15 is 0 Å². The van der Waals surface area contributed by atoms with E-state index in [1.165, 1.54) is 0 Å². The molecule has 1 aliphatic rings. The molecule has 88 valence electrons. The van der Waals surface area contributed by atoms with E-state index in [1.54, 1.807) is 4.90 Å². The number of carboxylic acid groups (broad SMARTS) is 1. The third kappa shape index (κ3) is 1.87. The van der Waals surface area contributed by atoms with Gasteiger partial charge in [0, 0.05) is 18.5 Å². The second kappa shape index (κ2) is 3.47. The van der Waals surface area contributed by atoms with Crippen LogP contribution in [0.4, 0.5) is 5.95 Å². The van der Waals surface area contributed by atoms with Crippen molar-refractivity contribution in [2.24, 2.45) is 5.92 Å². The van der Waals surface area contributed by atoms with Gasteiger partial charge in [-0.25, -0.2) is 0 Å². The molecule has 16 heavy (non-hydrogen) atoms. The predicted molar refractivity (Wildman–Crippen MR) is 56.3 cm³/mol. The lowest BCUT2D eigenvalue weighted by Gasteiger charge is -2.35. The summed E-state index contributed by atoms with van der Waals surface area (Å²) >= 11 is 0. The van der Waals surface area contributed by atoms with E-state index in [-0.39, 0.29) is 11.3 Å². The molecule has 0 spiro atoms. The van der Waals surface area contributed by atoms with Gasteiger partial charge in [-0.15, -0.1) is 0 Å². The molecule has 0 bridgehead atoms. The molecule has 1 fully saturated rings. The Labute approximate surface area is 93.2 Å². The second-order valence-corrected chi connectivity index (χ2v) is 5.09. The average molecular weight is 225 g/mol. The molecular formula is C10H15N3O3. The van der Waals surface area contributed by atoms with Crippen molar-refractivity contribution >= 4 is 11.9 Å². The first-order valence-electron chi connectivity index (χ1n) is 5.20. The molecule has 0 aliphatic carbocycles. The number of aliphatic carboxylic acids is 1. The number of anilines is 1. The van der Waals surface area contributed by atoms with Crippen molar-refractivity contribution in [1.29, 1.82) is 0 Å². The second-order valence-electron chi connectivity index (χ2n) is 5.09. The molecule has 1 aromatic rings. The first kappa shape index (κ1) is 10.9. The van der Waals surface area contributed by atoms with Crippen molar-refractivity contribution in [3.05, 3.63) is 5.89 Å². The Balaban J connectivity index is 2.03. The van der Waals surface area contributed by atoms with E-state index in [0.29, 0.717) is 24.9 Å². The van der Waals surface area contributed by atoms with Crippen LogP contribution in [0.2, 0.25) is 0 Å². The van der Waals surface area contributed by atoms with Crippen LogP contribution in [0, 0.1) is 5.92 Å². The SMILES string of the molecule is CC(C)(C)c1nc(N2CC(C(=O)O)C2)no1. The molecule has 0 atom stereocenters. The van der Waals surface area contributed by atoms with Gasteiger partial charge in [-0.3, -0.25) is 4.79 Å². The van der Waals surface area contributed by atoms with E-state index in [2.05, 4.69) is 10.1 Å². The third-order valence-corrected chi connectivity index (χ3v) is 2.57. The van der Waals surface area contributed by atoms with Crippen LogP contribution in [0.25, 0.3) is 0 Å². The van der Waals surface area contributed by atoms with Crippen molar-refractivity contribution in [3.63, 3.8) is 0 Å². The Hall–Kier alpha value is -1.59. The maximum atomic E-state index is 10.6. The summed E-state index contributed by atoms with van der Waals surface area (Å²) in [7, 11) is 0. The Morgan fingerprint density at radius 2 is 2.12 bits per heavy atom. The highest BCUT2D eigenvalue weighted by atomic mass is 16.5. The van der Waals surface area contributed by atoms with E-state index in [1.807, 2.05) is 20.8 Å². The Morgan fingerprint density at radius 3 is 2.56 bits per heavy atom. The lowest BCUT2D eigenvalue weighted by molar-refractivity contribution is -0.142. The molecule has 1 N–H and O–H groups in total. The summed E-state index contributed by atoms with van der Waals surface area (Å²) in [4.78, 5) is 16.7. The highest BCUT2D eigenvalue weighted by Crippen LogP contribution is 2.26. The van der Waals surface area contributed by atoms with Crippen LogP contribution < -0.4 is 4.90 Å². The summed E-state index contributed by atoms with van der Waals surface area (Å²) in [6.07, 6.45) is 0. The first-order chi connectivity index (χ1) is 7.38. The predicted octanol–water partition coefficient (Wildman–Crippen LogP) is 0.888. The lowest BCUT2D eigenvalue weighted by atomic mass is 9.97. The van der Waals surface area contributed by atoms with E-state index in [9.17, 15) is 4.79 Å². The van der Waals surface area contributed by atoms with Crippen LogP contribution in [0.5, 0.6) is 0 Å². The zero-order valence-electron chi connectivity index (χ0n) is 9.60. The van der Waals surface area contributed by atoms with Gasteiger partial charge in [0.1, 0.15) is 0 Å². The summed E-state index contributed by atoms with van der Waals surface area (Å²) in [5.41, 5.74) is -0.178. The lowest BCUT2D eigenvalue weighted by Crippen LogP contribution is -2.51. The number of rotatable bonds is 2. The van der Waals surface area contributed by atoms with Gasteiger partial charge in [0.2, 0.25) is 5.89 Å². The van der Waals surface area contributed by atoms with Gasteiger partial charge in [0.25, 0.3) is 5.95 Å². The smallest absolute Gasteiger partial charge is 0.310 e. The standard InChI is InChI=1S/C10H15N3O3/c1-10(2,3)8-11-9(12-16-8)13-4-6(5-13)7(14)15/h6H,4-5H2,1-3H3,(H,14,15). The monoisotopic (exact) mass is 225 g/mol. The van der Waals surface area contributed by atoms with Crippen LogP contribution >= 0.6 is 0 Å². The number of aromatic nitrogens is 2. The fourth-order valence-corrected chi connectivity index (χ4v) is 1.45. The maximum Gasteiger partial charge on any atom is 0.310 e. The molecule has 2 heterocycles. The van der Waals surface area contributed by atoms with Crippen LogP contribution in [0.1, 0.15) is 26.7 Å². The fraction of sp³-hybridized carbons (Fsp3) is 0.700. The molecule has 1 saturated heterocycles. The Kier molecular flexibility index (Phi) is 2.36. The van der Waals surface area contributed by atoms with Gasteiger partial charge in [0.05, 0.1) is 5.92 Å². The van der Waals surface area contributed by atoms with E-state index in [0.717, 1.165) is 0 Å². The summed E-state index contributed by atoms with van der Waals surface area (Å²) in [5, 5.41) is 12.6. The summed E-state index contributed by atoms with van der Waals surface area (Å²) < 4.78 is 5.13. The molecule has 6 nitrogen and oxygen atoms in total. The van der Waals surface area contributed by atoms with Crippen LogP contribution in [0.15, 0.2) is 4.52 Å². The minimum Gasteiger partial charge on any atom is -0.481 e. The van der Waals surface area contributed by atoms with E-state index in [4.69, 9.17) is 9.63 Å². The molecule has 0 radical (unpaired) electrons. The van der Waals surface area contributed by atoms with E-state index < -0.39 is 5.97 Å². The molecule has 0 saturated carbocycles. The van der Waals surface area contributed by atoms with Gasteiger partial charge < -0.3 is 14.5 Å². The molecule has 0 aromatic carbocycles. The van der Waals surface area contributed by atoms with Crippen LogP contribution in [-0.2, 0) is 10.2 Å². The average Bonchev–Trinajstić information content (AvgIpc) is 2.47. The topological polar surface area (TPSA) is 79.5 Å². The van der Waals surface area contributed by atoms with Crippen molar-refractivity contribution < 1.29 is 14.4 Å². The zero-order valence-corrected chi connectivity index (χ0v) is 9.60. The van der Waals surface area contributed by atoms with Gasteiger partial charge in [-0.2, -0.15) is 4.98 Å². The van der Waals surface area contributed by atoms with Crippen LogP contribution in [-0.4, -0.2) is 34.3 Å². The minimum absolute atomic E-state index is 0.178. The number of nitrogens with zero attached hydrogens (tertiary/aromatic N) is 3. The molecule has 2 rings (SSSR count). The third-order valence-electron chi connectivity index (χ3n) is 2.57. The molecule has 1 aromatic heterocycles. The number of hydrogen-bond acceptors (Lipinski definition) is 5.